The Hall–Kier alpha value is -1.26. The average molecular weight is 247 g/mol. The van der Waals surface area contributed by atoms with Crippen molar-refractivity contribution in [1.29, 1.82) is 0 Å². The molecule has 0 amide bonds. The normalized spacial score (nSPS) is 12.6. The lowest BCUT2D eigenvalue weighted by atomic mass is 10.1. The lowest BCUT2D eigenvalue weighted by molar-refractivity contribution is 0.651. The number of nitrogens with zero attached hydrogens (tertiary/aromatic N) is 2. The van der Waals surface area contributed by atoms with Crippen molar-refractivity contribution in [3.8, 4) is 0 Å². The van der Waals surface area contributed by atoms with Crippen LogP contribution in [0.3, 0.4) is 0 Å². The highest BCUT2D eigenvalue weighted by Crippen LogP contribution is 2.18. The molecule has 90 valence electrons. The average Bonchev–Trinajstić information content (AvgIpc) is 2.59. The van der Waals surface area contributed by atoms with Crippen LogP contribution in [-0.4, -0.2) is 16.0 Å². The van der Waals surface area contributed by atoms with E-state index >= 15 is 0 Å². The van der Waals surface area contributed by atoms with Crippen molar-refractivity contribution in [2.75, 3.05) is 0 Å². The summed E-state index contributed by atoms with van der Waals surface area (Å²) >= 11 is 1.74. The highest BCUT2D eigenvalue weighted by Gasteiger charge is 2.10. The zero-order chi connectivity index (χ0) is 12.3. The van der Waals surface area contributed by atoms with Crippen molar-refractivity contribution in [2.24, 2.45) is 5.73 Å². The summed E-state index contributed by atoms with van der Waals surface area (Å²) in [6.45, 7) is 4.14. The molecule has 3 nitrogen and oxygen atoms in total. The molecule has 0 aliphatic rings. The van der Waals surface area contributed by atoms with Gasteiger partial charge in [0.2, 0.25) is 0 Å². The first-order valence-corrected chi connectivity index (χ1v) is 6.55. The molecular weight excluding hydrogens is 230 g/mol. The van der Waals surface area contributed by atoms with Crippen molar-refractivity contribution in [3.05, 3.63) is 45.7 Å². The van der Waals surface area contributed by atoms with Crippen LogP contribution in [0.5, 0.6) is 0 Å². The highest BCUT2D eigenvalue weighted by atomic mass is 32.1. The van der Waals surface area contributed by atoms with Crippen LogP contribution in [0.15, 0.2) is 24.4 Å². The van der Waals surface area contributed by atoms with E-state index in [2.05, 4.69) is 16.9 Å². The molecule has 4 heteroatoms. The van der Waals surface area contributed by atoms with E-state index in [0.29, 0.717) is 0 Å². The summed E-state index contributed by atoms with van der Waals surface area (Å²) in [7, 11) is 0. The molecule has 0 saturated carbocycles. The van der Waals surface area contributed by atoms with Crippen LogP contribution >= 0.6 is 11.3 Å². The van der Waals surface area contributed by atoms with Gasteiger partial charge < -0.3 is 5.73 Å². The summed E-state index contributed by atoms with van der Waals surface area (Å²) in [5.74, 6) is 0. The first kappa shape index (κ1) is 12.2. The maximum absolute atomic E-state index is 6.12. The van der Waals surface area contributed by atoms with Gasteiger partial charge in [-0.15, -0.1) is 11.3 Å². The Labute approximate surface area is 106 Å². The molecule has 0 spiro atoms. The predicted molar refractivity (Wildman–Crippen MR) is 71.2 cm³/mol. The molecule has 2 N–H and O–H groups in total. The third kappa shape index (κ3) is 3.35. The van der Waals surface area contributed by atoms with Gasteiger partial charge in [-0.25, -0.2) is 4.98 Å². The topological polar surface area (TPSA) is 51.8 Å². The number of thiazole rings is 1. The highest BCUT2D eigenvalue weighted by molar-refractivity contribution is 7.11. The SMILES string of the molecule is Cc1nc(CC(N)Cc2ccccn2)sc1C. The number of nitrogens with two attached hydrogens (primary N) is 1. The zero-order valence-electron chi connectivity index (χ0n) is 10.2. The fourth-order valence-electron chi connectivity index (χ4n) is 1.71. The van der Waals surface area contributed by atoms with Crippen LogP contribution in [-0.2, 0) is 12.8 Å². The van der Waals surface area contributed by atoms with Crippen molar-refractivity contribution >= 4 is 11.3 Å². The third-order valence-corrected chi connectivity index (χ3v) is 3.80. The predicted octanol–water partition coefficient (Wildman–Crippen LogP) is 2.27. The number of hydrogen-bond acceptors (Lipinski definition) is 4. The smallest absolute Gasteiger partial charge is 0.0946 e. The third-order valence-electron chi connectivity index (χ3n) is 2.71. The van der Waals surface area contributed by atoms with Gasteiger partial charge in [-0.1, -0.05) is 6.07 Å². The Kier molecular flexibility index (Phi) is 3.86. The molecule has 2 aromatic heterocycles. The lowest BCUT2D eigenvalue weighted by Crippen LogP contribution is -2.25. The second-order valence-corrected chi connectivity index (χ2v) is 5.53. The van der Waals surface area contributed by atoms with Gasteiger partial charge in [0.25, 0.3) is 0 Å². The fraction of sp³-hybridized carbons (Fsp3) is 0.385. The summed E-state index contributed by atoms with van der Waals surface area (Å²) in [5, 5.41) is 1.13. The summed E-state index contributed by atoms with van der Waals surface area (Å²) in [6, 6.07) is 6.02. The number of rotatable bonds is 4. The molecule has 1 unspecified atom stereocenters. The number of aryl methyl sites for hydroxylation is 2. The molecule has 0 saturated heterocycles. The summed E-state index contributed by atoms with van der Waals surface area (Å²) in [5.41, 5.74) is 8.29. The van der Waals surface area contributed by atoms with Crippen molar-refractivity contribution in [1.82, 2.24) is 9.97 Å². The first-order chi connectivity index (χ1) is 8.15. The maximum Gasteiger partial charge on any atom is 0.0946 e. The van der Waals surface area contributed by atoms with Crippen molar-refractivity contribution < 1.29 is 0 Å². The largest absolute Gasteiger partial charge is 0.327 e. The van der Waals surface area contributed by atoms with E-state index in [1.807, 2.05) is 25.1 Å². The molecule has 0 aromatic carbocycles. The van der Waals surface area contributed by atoms with Crippen molar-refractivity contribution in [3.63, 3.8) is 0 Å². The Bertz CT molecular complexity index is 459. The van der Waals surface area contributed by atoms with Gasteiger partial charge in [-0.2, -0.15) is 0 Å². The Balaban J connectivity index is 1.95. The van der Waals surface area contributed by atoms with Crippen LogP contribution in [0.1, 0.15) is 21.3 Å². The summed E-state index contributed by atoms with van der Waals surface area (Å²) in [6.07, 6.45) is 3.44. The minimum Gasteiger partial charge on any atom is -0.327 e. The minimum absolute atomic E-state index is 0.0925. The Morgan fingerprint density at radius 1 is 1.29 bits per heavy atom. The molecule has 2 rings (SSSR count). The van der Waals surface area contributed by atoms with Gasteiger partial charge in [-0.05, 0) is 26.0 Å². The van der Waals surface area contributed by atoms with Gasteiger partial charge >= 0.3 is 0 Å². The molecule has 0 fully saturated rings. The van der Waals surface area contributed by atoms with E-state index in [4.69, 9.17) is 5.73 Å². The lowest BCUT2D eigenvalue weighted by Gasteiger charge is -2.08. The molecule has 1 atom stereocenters. The van der Waals surface area contributed by atoms with Crippen LogP contribution in [0.25, 0.3) is 0 Å². The number of aromatic nitrogens is 2. The molecule has 2 aromatic rings. The van der Waals surface area contributed by atoms with Crippen LogP contribution in [0.4, 0.5) is 0 Å². The van der Waals surface area contributed by atoms with Crippen LogP contribution in [0.2, 0.25) is 0 Å². The van der Waals surface area contributed by atoms with Crippen molar-refractivity contribution in [2.45, 2.75) is 32.7 Å². The first-order valence-electron chi connectivity index (χ1n) is 5.73. The summed E-state index contributed by atoms with van der Waals surface area (Å²) in [4.78, 5) is 10.1. The summed E-state index contributed by atoms with van der Waals surface area (Å²) < 4.78 is 0. The van der Waals surface area contributed by atoms with E-state index in [-0.39, 0.29) is 6.04 Å². The fourth-order valence-corrected chi connectivity index (χ4v) is 2.74. The van der Waals surface area contributed by atoms with E-state index in [0.717, 1.165) is 29.2 Å². The van der Waals surface area contributed by atoms with Gasteiger partial charge in [-0.3, -0.25) is 4.98 Å². The quantitative estimate of drug-likeness (QED) is 0.901. The number of hydrogen-bond donors (Lipinski definition) is 1. The van der Waals surface area contributed by atoms with Crippen LogP contribution in [0, 0.1) is 13.8 Å². The van der Waals surface area contributed by atoms with E-state index in [9.17, 15) is 0 Å². The molecule has 0 bridgehead atoms. The molecule has 2 heterocycles. The van der Waals surface area contributed by atoms with E-state index in [1.54, 1.807) is 17.5 Å². The molecule has 17 heavy (non-hydrogen) atoms. The Morgan fingerprint density at radius 3 is 2.71 bits per heavy atom. The minimum atomic E-state index is 0.0925. The molecular formula is C13H17N3S. The molecule has 0 aliphatic carbocycles. The van der Waals surface area contributed by atoms with Crippen LogP contribution < -0.4 is 5.73 Å². The second-order valence-electron chi connectivity index (χ2n) is 4.24. The standard InChI is InChI=1S/C13H17N3S/c1-9-10(2)17-13(16-9)8-11(14)7-12-5-3-4-6-15-12/h3-6,11H,7-8,14H2,1-2H3. The molecule has 0 radical (unpaired) electrons. The monoisotopic (exact) mass is 247 g/mol. The van der Waals surface area contributed by atoms with Gasteiger partial charge in [0.15, 0.2) is 0 Å². The van der Waals surface area contributed by atoms with Gasteiger partial charge in [0, 0.05) is 35.7 Å². The van der Waals surface area contributed by atoms with Gasteiger partial charge in [0.1, 0.15) is 0 Å². The zero-order valence-corrected chi connectivity index (χ0v) is 11.0. The number of pyridine rings is 1. The van der Waals surface area contributed by atoms with Gasteiger partial charge in [0.05, 0.1) is 10.7 Å². The molecule has 0 aliphatic heterocycles. The Morgan fingerprint density at radius 2 is 2.12 bits per heavy atom. The second kappa shape index (κ2) is 5.38. The van der Waals surface area contributed by atoms with E-state index < -0.39 is 0 Å². The van der Waals surface area contributed by atoms with E-state index in [1.165, 1.54) is 4.88 Å². The maximum atomic E-state index is 6.12.